The lowest BCUT2D eigenvalue weighted by atomic mass is 10.1. The summed E-state index contributed by atoms with van der Waals surface area (Å²) in [4.78, 5) is 15.4. The molecule has 2 heterocycles. The number of carboxylic acid groups (broad SMARTS) is 1. The van der Waals surface area contributed by atoms with Crippen LogP contribution in [0.4, 0.5) is 0 Å². The van der Waals surface area contributed by atoms with Gasteiger partial charge in [0.15, 0.2) is 0 Å². The average Bonchev–Trinajstić information content (AvgIpc) is 2.75. The van der Waals surface area contributed by atoms with Crippen molar-refractivity contribution in [1.82, 2.24) is 9.80 Å². The van der Waals surface area contributed by atoms with E-state index in [9.17, 15) is 4.79 Å². The van der Waals surface area contributed by atoms with E-state index >= 15 is 0 Å². The molecule has 1 atom stereocenters. The van der Waals surface area contributed by atoms with Gasteiger partial charge >= 0.3 is 5.97 Å². The molecule has 1 unspecified atom stereocenters. The third-order valence-electron chi connectivity index (χ3n) is 3.67. The van der Waals surface area contributed by atoms with Gasteiger partial charge in [0.25, 0.3) is 0 Å². The molecule has 2 aliphatic rings. The van der Waals surface area contributed by atoms with Gasteiger partial charge in [-0.2, -0.15) is 0 Å². The van der Waals surface area contributed by atoms with E-state index in [1.807, 2.05) is 0 Å². The molecule has 0 radical (unpaired) electrons. The number of nitrogens with zero attached hydrogens (tertiary/aromatic N) is 2. The Kier molecular flexibility index (Phi) is 4.76. The molecule has 5 heteroatoms. The van der Waals surface area contributed by atoms with Crippen molar-refractivity contribution in [3.63, 3.8) is 0 Å². The van der Waals surface area contributed by atoms with Crippen molar-refractivity contribution >= 4 is 5.97 Å². The fourth-order valence-corrected chi connectivity index (χ4v) is 2.64. The Morgan fingerprint density at radius 2 is 1.88 bits per heavy atom. The van der Waals surface area contributed by atoms with Crippen LogP contribution in [0.2, 0.25) is 0 Å². The van der Waals surface area contributed by atoms with E-state index < -0.39 is 5.97 Å². The predicted molar refractivity (Wildman–Crippen MR) is 64.1 cm³/mol. The Hall–Kier alpha value is -0.650. The Morgan fingerprint density at radius 1 is 1.18 bits per heavy atom. The summed E-state index contributed by atoms with van der Waals surface area (Å²) in [5.41, 5.74) is 0. The zero-order valence-corrected chi connectivity index (χ0v) is 10.3. The number of carboxylic acids is 1. The maximum absolute atomic E-state index is 10.6. The van der Waals surface area contributed by atoms with Gasteiger partial charge in [-0.15, -0.1) is 0 Å². The molecule has 2 aliphatic heterocycles. The average molecular weight is 242 g/mol. The maximum atomic E-state index is 10.6. The number of ether oxygens (including phenoxy) is 1. The number of carbonyl (C=O) groups is 1. The van der Waals surface area contributed by atoms with E-state index in [1.165, 1.54) is 0 Å². The summed E-state index contributed by atoms with van der Waals surface area (Å²) < 4.78 is 5.31. The summed E-state index contributed by atoms with van der Waals surface area (Å²) >= 11 is 0. The summed E-state index contributed by atoms with van der Waals surface area (Å²) in [7, 11) is 0. The summed E-state index contributed by atoms with van der Waals surface area (Å²) in [6.45, 7) is 7.93. The second-order valence-corrected chi connectivity index (χ2v) is 5.01. The van der Waals surface area contributed by atoms with Gasteiger partial charge in [0.05, 0.1) is 13.2 Å². The minimum atomic E-state index is -0.662. The third kappa shape index (κ3) is 4.26. The van der Waals surface area contributed by atoms with Crippen molar-refractivity contribution in [2.75, 3.05) is 52.5 Å². The molecule has 98 valence electrons. The van der Waals surface area contributed by atoms with Crippen LogP contribution in [0.3, 0.4) is 0 Å². The van der Waals surface area contributed by atoms with Crippen LogP contribution in [0.1, 0.15) is 12.8 Å². The second-order valence-electron chi connectivity index (χ2n) is 5.01. The van der Waals surface area contributed by atoms with Crippen LogP contribution in [-0.4, -0.2) is 73.4 Å². The van der Waals surface area contributed by atoms with Crippen LogP contribution < -0.4 is 0 Å². The number of morpholine rings is 1. The first-order valence-electron chi connectivity index (χ1n) is 6.48. The molecule has 2 rings (SSSR count). The normalized spacial score (nSPS) is 27.4. The van der Waals surface area contributed by atoms with Gasteiger partial charge in [-0.1, -0.05) is 0 Å². The van der Waals surface area contributed by atoms with Crippen LogP contribution in [0.5, 0.6) is 0 Å². The highest BCUT2D eigenvalue weighted by molar-refractivity contribution is 5.67. The minimum absolute atomic E-state index is 0.327. The first-order valence-corrected chi connectivity index (χ1v) is 6.48. The van der Waals surface area contributed by atoms with E-state index in [0.717, 1.165) is 58.9 Å². The molecule has 1 N–H and O–H groups in total. The monoisotopic (exact) mass is 242 g/mol. The molecule has 5 nitrogen and oxygen atoms in total. The Bertz CT molecular complexity index is 254. The Labute approximate surface area is 102 Å². The fraction of sp³-hybridized carbons (Fsp3) is 0.917. The molecule has 0 bridgehead atoms. The molecular weight excluding hydrogens is 220 g/mol. The fourth-order valence-electron chi connectivity index (χ4n) is 2.64. The van der Waals surface area contributed by atoms with Gasteiger partial charge in [0, 0.05) is 39.1 Å². The minimum Gasteiger partial charge on any atom is -0.481 e. The summed E-state index contributed by atoms with van der Waals surface area (Å²) in [5, 5.41) is 8.75. The molecule has 0 amide bonds. The van der Waals surface area contributed by atoms with Crippen molar-refractivity contribution in [2.24, 2.45) is 5.92 Å². The molecular formula is C12H22N2O3. The molecule has 0 aromatic carbocycles. The van der Waals surface area contributed by atoms with Gasteiger partial charge in [0.2, 0.25) is 0 Å². The second kappa shape index (κ2) is 6.33. The van der Waals surface area contributed by atoms with Crippen LogP contribution in [0, 0.1) is 5.92 Å². The molecule has 0 saturated carbocycles. The third-order valence-corrected chi connectivity index (χ3v) is 3.67. The SMILES string of the molecule is O=C(O)CC1CCN(CCN2CCOCC2)C1. The van der Waals surface area contributed by atoms with Gasteiger partial charge in [-0.3, -0.25) is 9.69 Å². The largest absolute Gasteiger partial charge is 0.481 e. The van der Waals surface area contributed by atoms with Crippen molar-refractivity contribution in [3.05, 3.63) is 0 Å². The van der Waals surface area contributed by atoms with Crippen LogP contribution in [-0.2, 0) is 9.53 Å². The van der Waals surface area contributed by atoms with Gasteiger partial charge in [-0.05, 0) is 18.9 Å². The van der Waals surface area contributed by atoms with Crippen molar-refractivity contribution < 1.29 is 14.6 Å². The van der Waals surface area contributed by atoms with E-state index in [2.05, 4.69) is 9.80 Å². The zero-order valence-electron chi connectivity index (χ0n) is 10.3. The number of hydrogen-bond acceptors (Lipinski definition) is 4. The Morgan fingerprint density at radius 3 is 2.59 bits per heavy atom. The van der Waals surface area contributed by atoms with Crippen LogP contribution in [0.25, 0.3) is 0 Å². The molecule has 0 spiro atoms. The molecule has 2 fully saturated rings. The van der Waals surface area contributed by atoms with Crippen LogP contribution >= 0.6 is 0 Å². The zero-order chi connectivity index (χ0) is 12.1. The van der Waals surface area contributed by atoms with E-state index in [0.29, 0.717) is 12.3 Å². The first kappa shape index (κ1) is 12.8. The molecule has 2 saturated heterocycles. The number of rotatable bonds is 5. The number of likely N-dealkylation sites (tertiary alicyclic amines) is 1. The molecule has 0 aromatic rings. The number of hydrogen-bond donors (Lipinski definition) is 1. The van der Waals surface area contributed by atoms with Gasteiger partial charge in [-0.25, -0.2) is 0 Å². The van der Waals surface area contributed by atoms with Crippen LogP contribution in [0.15, 0.2) is 0 Å². The van der Waals surface area contributed by atoms with Gasteiger partial charge < -0.3 is 14.7 Å². The standard InChI is InChI=1S/C12H22N2O3/c15-12(16)9-11-1-2-14(10-11)4-3-13-5-7-17-8-6-13/h11H,1-10H2,(H,15,16). The topological polar surface area (TPSA) is 53.0 Å². The first-order chi connectivity index (χ1) is 8.24. The number of aliphatic carboxylic acids is 1. The summed E-state index contributed by atoms with van der Waals surface area (Å²) in [6.07, 6.45) is 1.36. The van der Waals surface area contributed by atoms with Crippen molar-refractivity contribution in [1.29, 1.82) is 0 Å². The lowest BCUT2D eigenvalue weighted by Gasteiger charge is -2.28. The van der Waals surface area contributed by atoms with Crippen molar-refractivity contribution in [3.8, 4) is 0 Å². The molecule has 17 heavy (non-hydrogen) atoms. The maximum Gasteiger partial charge on any atom is 0.303 e. The predicted octanol–water partition coefficient (Wildman–Crippen LogP) is 0.115. The van der Waals surface area contributed by atoms with E-state index in [4.69, 9.17) is 9.84 Å². The highest BCUT2D eigenvalue weighted by Crippen LogP contribution is 2.19. The highest BCUT2D eigenvalue weighted by atomic mass is 16.5. The highest BCUT2D eigenvalue weighted by Gasteiger charge is 2.24. The summed E-state index contributed by atoms with van der Waals surface area (Å²) in [6, 6.07) is 0. The quantitative estimate of drug-likeness (QED) is 0.742. The van der Waals surface area contributed by atoms with E-state index in [-0.39, 0.29) is 0 Å². The molecule has 0 aromatic heterocycles. The smallest absolute Gasteiger partial charge is 0.303 e. The van der Waals surface area contributed by atoms with Gasteiger partial charge in [0.1, 0.15) is 0 Å². The Balaban J connectivity index is 1.62. The molecule has 0 aliphatic carbocycles. The van der Waals surface area contributed by atoms with E-state index in [1.54, 1.807) is 0 Å². The summed E-state index contributed by atoms with van der Waals surface area (Å²) in [5.74, 6) is -0.304. The lowest BCUT2D eigenvalue weighted by Crippen LogP contribution is -2.41. The van der Waals surface area contributed by atoms with Crippen molar-refractivity contribution in [2.45, 2.75) is 12.8 Å². The lowest BCUT2D eigenvalue weighted by molar-refractivity contribution is -0.138.